The quantitative estimate of drug-likeness (QED) is 0.815. The van der Waals surface area contributed by atoms with E-state index in [9.17, 15) is 4.79 Å². The Hall–Kier alpha value is -1.36. The average molecular weight is 265 g/mol. The normalized spacial score (nSPS) is 16.8. The molecule has 0 bridgehead atoms. The fraction of sp³-hybridized carbons (Fsp3) is 0.714. The highest BCUT2D eigenvalue weighted by molar-refractivity contribution is 5.92. The molecular weight excluding hydrogens is 242 g/mol. The van der Waals surface area contributed by atoms with Crippen molar-refractivity contribution in [3.63, 3.8) is 0 Å². The molecule has 1 amide bonds. The molecule has 0 saturated carbocycles. The number of aromatic nitrogens is 2. The standard InChI is InChI=1S/C14H23N3O2/c1-3-17-13(4-8-15-17)14(18)16-9-5-12(6-10-16)7-11-19-2/h4,8,12H,3,5-7,9-11H2,1-2H3. The third kappa shape index (κ3) is 3.35. The van der Waals surface area contributed by atoms with E-state index in [4.69, 9.17) is 4.74 Å². The van der Waals surface area contributed by atoms with Gasteiger partial charge in [-0.1, -0.05) is 0 Å². The summed E-state index contributed by atoms with van der Waals surface area (Å²) >= 11 is 0. The number of ether oxygens (including phenoxy) is 1. The summed E-state index contributed by atoms with van der Waals surface area (Å²) in [6.07, 6.45) is 4.96. The molecule has 106 valence electrons. The van der Waals surface area contributed by atoms with Gasteiger partial charge in [-0.3, -0.25) is 9.48 Å². The average Bonchev–Trinajstić information content (AvgIpc) is 2.93. The van der Waals surface area contributed by atoms with Crippen LogP contribution in [0.1, 0.15) is 36.7 Å². The zero-order valence-corrected chi connectivity index (χ0v) is 11.8. The molecule has 1 fully saturated rings. The second-order valence-corrected chi connectivity index (χ2v) is 5.05. The van der Waals surface area contributed by atoms with Crippen LogP contribution in [0.5, 0.6) is 0 Å². The monoisotopic (exact) mass is 265 g/mol. The van der Waals surface area contributed by atoms with Gasteiger partial charge in [-0.15, -0.1) is 0 Å². The van der Waals surface area contributed by atoms with Crippen molar-refractivity contribution in [3.05, 3.63) is 18.0 Å². The van der Waals surface area contributed by atoms with Crippen molar-refractivity contribution in [2.24, 2.45) is 5.92 Å². The third-order valence-electron chi connectivity index (χ3n) is 3.87. The van der Waals surface area contributed by atoms with Crippen LogP contribution in [-0.2, 0) is 11.3 Å². The fourth-order valence-electron chi connectivity index (χ4n) is 2.64. The molecule has 19 heavy (non-hydrogen) atoms. The minimum absolute atomic E-state index is 0.115. The first-order valence-electron chi connectivity index (χ1n) is 7.06. The summed E-state index contributed by atoms with van der Waals surface area (Å²) in [4.78, 5) is 14.4. The van der Waals surface area contributed by atoms with Crippen molar-refractivity contribution in [3.8, 4) is 0 Å². The van der Waals surface area contributed by atoms with Crippen molar-refractivity contribution in [2.75, 3.05) is 26.8 Å². The lowest BCUT2D eigenvalue weighted by molar-refractivity contribution is 0.0657. The SMILES string of the molecule is CCn1nccc1C(=O)N1CCC(CCOC)CC1. The number of amides is 1. The summed E-state index contributed by atoms with van der Waals surface area (Å²) in [6, 6.07) is 1.81. The first-order valence-corrected chi connectivity index (χ1v) is 7.06. The van der Waals surface area contributed by atoms with Crippen molar-refractivity contribution in [1.82, 2.24) is 14.7 Å². The number of nitrogens with zero attached hydrogens (tertiary/aromatic N) is 3. The second kappa shape index (κ2) is 6.70. The van der Waals surface area contributed by atoms with E-state index in [2.05, 4.69) is 5.10 Å². The molecule has 2 rings (SSSR count). The number of hydrogen-bond donors (Lipinski definition) is 0. The minimum Gasteiger partial charge on any atom is -0.385 e. The van der Waals surface area contributed by atoms with E-state index >= 15 is 0 Å². The van der Waals surface area contributed by atoms with E-state index in [1.807, 2.05) is 17.9 Å². The van der Waals surface area contributed by atoms with Gasteiger partial charge in [0.05, 0.1) is 0 Å². The Morgan fingerprint density at radius 1 is 1.47 bits per heavy atom. The van der Waals surface area contributed by atoms with Crippen LogP contribution in [0.15, 0.2) is 12.3 Å². The van der Waals surface area contributed by atoms with Crippen molar-refractivity contribution in [2.45, 2.75) is 32.7 Å². The zero-order chi connectivity index (χ0) is 13.7. The summed E-state index contributed by atoms with van der Waals surface area (Å²) in [7, 11) is 1.74. The number of carbonyl (C=O) groups excluding carboxylic acids is 1. The molecule has 0 unspecified atom stereocenters. The molecule has 0 aromatic carbocycles. The van der Waals surface area contributed by atoms with E-state index in [0.29, 0.717) is 11.6 Å². The Morgan fingerprint density at radius 3 is 2.84 bits per heavy atom. The molecule has 1 aromatic heterocycles. The van der Waals surface area contributed by atoms with Gasteiger partial charge in [-0.2, -0.15) is 5.10 Å². The maximum atomic E-state index is 12.4. The second-order valence-electron chi connectivity index (χ2n) is 5.05. The highest BCUT2D eigenvalue weighted by Crippen LogP contribution is 2.21. The van der Waals surface area contributed by atoms with Crippen LogP contribution < -0.4 is 0 Å². The Bertz CT molecular complexity index is 409. The molecule has 2 heterocycles. The van der Waals surface area contributed by atoms with Crippen LogP contribution in [-0.4, -0.2) is 47.4 Å². The number of carbonyl (C=O) groups is 1. The summed E-state index contributed by atoms with van der Waals surface area (Å²) < 4.78 is 6.88. The van der Waals surface area contributed by atoms with Gasteiger partial charge in [0.15, 0.2) is 0 Å². The van der Waals surface area contributed by atoms with Crippen molar-refractivity contribution < 1.29 is 9.53 Å². The molecular formula is C14H23N3O2. The molecule has 0 aliphatic carbocycles. The van der Waals surface area contributed by atoms with Gasteiger partial charge in [0.25, 0.3) is 5.91 Å². The van der Waals surface area contributed by atoms with E-state index in [1.165, 1.54) is 0 Å². The van der Waals surface area contributed by atoms with E-state index in [0.717, 1.165) is 45.5 Å². The van der Waals surface area contributed by atoms with Crippen LogP contribution in [0.3, 0.4) is 0 Å². The maximum Gasteiger partial charge on any atom is 0.272 e. The highest BCUT2D eigenvalue weighted by atomic mass is 16.5. The van der Waals surface area contributed by atoms with E-state index in [-0.39, 0.29) is 5.91 Å². The van der Waals surface area contributed by atoms with Gasteiger partial charge in [-0.25, -0.2) is 0 Å². The van der Waals surface area contributed by atoms with Gasteiger partial charge in [0.1, 0.15) is 5.69 Å². The number of likely N-dealkylation sites (tertiary alicyclic amines) is 1. The molecule has 1 aromatic rings. The van der Waals surface area contributed by atoms with Crippen LogP contribution in [0.25, 0.3) is 0 Å². The molecule has 5 heteroatoms. The zero-order valence-electron chi connectivity index (χ0n) is 11.8. The first-order chi connectivity index (χ1) is 9.26. The predicted octanol–water partition coefficient (Wildman–Crippen LogP) is 1.79. The van der Waals surface area contributed by atoms with Crippen LogP contribution in [0.2, 0.25) is 0 Å². The number of rotatable bonds is 5. The topological polar surface area (TPSA) is 47.4 Å². The third-order valence-corrected chi connectivity index (χ3v) is 3.87. The Kier molecular flexibility index (Phi) is 4.96. The highest BCUT2D eigenvalue weighted by Gasteiger charge is 2.25. The Balaban J connectivity index is 1.89. The molecule has 1 saturated heterocycles. The van der Waals surface area contributed by atoms with E-state index < -0.39 is 0 Å². The fourth-order valence-corrected chi connectivity index (χ4v) is 2.64. The summed E-state index contributed by atoms with van der Waals surface area (Å²) in [5.74, 6) is 0.810. The first kappa shape index (κ1) is 14.1. The van der Waals surface area contributed by atoms with Crippen molar-refractivity contribution in [1.29, 1.82) is 0 Å². The number of aryl methyl sites for hydroxylation is 1. The van der Waals surface area contributed by atoms with E-state index in [1.54, 1.807) is 18.0 Å². The summed E-state index contributed by atoms with van der Waals surface area (Å²) in [6.45, 7) is 5.25. The lowest BCUT2D eigenvalue weighted by Gasteiger charge is -2.32. The molecule has 0 N–H and O–H groups in total. The molecule has 0 radical (unpaired) electrons. The molecule has 1 aliphatic rings. The number of methoxy groups -OCH3 is 1. The predicted molar refractivity (Wildman–Crippen MR) is 73.0 cm³/mol. The van der Waals surface area contributed by atoms with Gasteiger partial charge < -0.3 is 9.64 Å². The van der Waals surface area contributed by atoms with Crippen LogP contribution in [0, 0.1) is 5.92 Å². The van der Waals surface area contributed by atoms with Crippen molar-refractivity contribution >= 4 is 5.91 Å². The van der Waals surface area contributed by atoms with Crippen LogP contribution in [0.4, 0.5) is 0 Å². The smallest absolute Gasteiger partial charge is 0.272 e. The van der Waals surface area contributed by atoms with Gasteiger partial charge >= 0.3 is 0 Å². The number of piperidine rings is 1. The summed E-state index contributed by atoms with van der Waals surface area (Å²) in [5, 5.41) is 4.16. The number of hydrogen-bond acceptors (Lipinski definition) is 3. The molecule has 0 atom stereocenters. The van der Waals surface area contributed by atoms with Gasteiger partial charge in [0, 0.05) is 39.5 Å². The van der Waals surface area contributed by atoms with Gasteiger partial charge in [-0.05, 0) is 38.2 Å². The Morgan fingerprint density at radius 2 is 2.21 bits per heavy atom. The summed E-state index contributed by atoms with van der Waals surface area (Å²) in [5.41, 5.74) is 0.706. The molecule has 1 aliphatic heterocycles. The van der Waals surface area contributed by atoms with Crippen LogP contribution >= 0.6 is 0 Å². The lowest BCUT2D eigenvalue weighted by Crippen LogP contribution is -2.39. The Labute approximate surface area is 114 Å². The maximum absolute atomic E-state index is 12.4. The van der Waals surface area contributed by atoms with Gasteiger partial charge in [0.2, 0.25) is 0 Å². The lowest BCUT2D eigenvalue weighted by atomic mass is 9.94. The minimum atomic E-state index is 0.115. The largest absolute Gasteiger partial charge is 0.385 e. The molecule has 5 nitrogen and oxygen atoms in total. The molecule has 0 spiro atoms.